The zero-order valence-electron chi connectivity index (χ0n) is 24.2. The van der Waals surface area contributed by atoms with Gasteiger partial charge in [0.15, 0.2) is 17.8 Å². The molecule has 1 amide bonds. The van der Waals surface area contributed by atoms with E-state index in [2.05, 4.69) is 26.1 Å². The summed E-state index contributed by atoms with van der Waals surface area (Å²) < 4.78 is 64.1. The van der Waals surface area contributed by atoms with Crippen LogP contribution in [0.1, 0.15) is 41.0 Å². The molecule has 7 nitrogen and oxygen atoms in total. The minimum Gasteiger partial charge on any atom is -0.493 e. The summed E-state index contributed by atoms with van der Waals surface area (Å²) in [6.45, 7) is 6.85. The lowest BCUT2D eigenvalue weighted by Gasteiger charge is -2.33. The largest absolute Gasteiger partial charge is 0.493 e. The van der Waals surface area contributed by atoms with Crippen molar-refractivity contribution >= 4 is 5.91 Å². The van der Waals surface area contributed by atoms with Crippen LogP contribution in [0.5, 0.6) is 11.5 Å². The van der Waals surface area contributed by atoms with Gasteiger partial charge in [-0.25, -0.2) is 0 Å². The number of hydrogen-bond acceptors (Lipinski definition) is 6. The quantitative estimate of drug-likeness (QED) is 0.529. The number of carbonyl (C=O) groups excluding carboxylic acids is 1. The molecule has 0 heterocycles. The van der Waals surface area contributed by atoms with Crippen LogP contribution in [0.25, 0.3) is 0 Å². The fraction of sp³-hybridized carbons (Fsp3) is 0.682. The van der Waals surface area contributed by atoms with Crippen LogP contribution >= 0.6 is 0 Å². The van der Waals surface area contributed by atoms with Gasteiger partial charge in [-0.2, -0.15) is 0 Å². The second-order valence-corrected chi connectivity index (χ2v) is 8.15. The van der Waals surface area contributed by atoms with Crippen LogP contribution in [0.4, 0.5) is 0 Å². The van der Waals surface area contributed by atoms with Gasteiger partial charge in [-0.3, -0.25) is 9.69 Å². The molecule has 1 N–H and O–H groups in total. The molecular weight excluding hydrogens is 372 g/mol. The van der Waals surface area contributed by atoms with Crippen molar-refractivity contribution in [3.8, 4) is 11.5 Å². The van der Waals surface area contributed by atoms with E-state index >= 15 is 0 Å². The standard InChI is InChI=1S/C22H38N2O5/c1-22(2,3)14-17(24(4)15-20(28-7)29-8)21(25)23-12-11-16-9-10-18(26-5)19(13-16)27-6/h9-10,13,17,20H,11-12,14-15H2,1-8H3,(H,23,25)/i5D3,6D3. The molecule has 1 rings (SSSR count). The number of amides is 1. The lowest BCUT2D eigenvalue weighted by Crippen LogP contribution is -2.49. The number of hydrogen-bond donors (Lipinski definition) is 1. The molecule has 1 unspecified atom stereocenters. The Labute approximate surface area is 184 Å². The summed E-state index contributed by atoms with van der Waals surface area (Å²) in [7, 11) is -0.629. The second-order valence-electron chi connectivity index (χ2n) is 8.15. The zero-order chi connectivity index (χ0) is 27.0. The van der Waals surface area contributed by atoms with E-state index in [0.29, 0.717) is 24.9 Å². The molecule has 0 saturated heterocycles. The highest BCUT2D eigenvalue weighted by atomic mass is 16.7. The average Bonchev–Trinajstić information content (AvgIpc) is 2.69. The molecule has 1 aromatic carbocycles. The molecule has 0 aromatic heterocycles. The van der Waals surface area contributed by atoms with E-state index in [1.54, 1.807) is 20.3 Å². The number of methoxy groups -OCH3 is 4. The summed E-state index contributed by atoms with van der Waals surface area (Å²) in [6.07, 6.45) is 0.497. The summed E-state index contributed by atoms with van der Waals surface area (Å²) in [5.74, 6) is -0.568. The summed E-state index contributed by atoms with van der Waals surface area (Å²) in [5.41, 5.74) is 0.536. The molecule has 0 aliphatic carbocycles. The second kappa shape index (κ2) is 12.0. The van der Waals surface area contributed by atoms with Gasteiger partial charge in [0.25, 0.3) is 0 Å². The third-order valence-electron chi connectivity index (χ3n) is 4.54. The first-order chi connectivity index (χ1) is 15.9. The van der Waals surface area contributed by atoms with Gasteiger partial charge in [-0.15, -0.1) is 0 Å². The van der Waals surface area contributed by atoms with E-state index in [1.165, 1.54) is 12.1 Å². The van der Waals surface area contributed by atoms with E-state index in [4.69, 9.17) is 27.2 Å². The van der Waals surface area contributed by atoms with Gasteiger partial charge < -0.3 is 24.3 Å². The van der Waals surface area contributed by atoms with E-state index < -0.39 is 26.4 Å². The van der Waals surface area contributed by atoms with E-state index in [1.807, 2.05) is 11.9 Å². The molecule has 0 spiro atoms. The number of nitrogens with zero attached hydrogens (tertiary/aromatic N) is 1. The summed E-state index contributed by atoms with van der Waals surface area (Å²) in [6, 6.07) is 3.92. The highest BCUT2D eigenvalue weighted by molar-refractivity contribution is 5.81. The molecule has 0 fully saturated rings. The van der Waals surface area contributed by atoms with Gasteiger partial charge in [0.2, 0.25) is 5.91 Å². The van der Waals surface area contributed by atoms with Gasteiger partial charge in [0, 0.05) is 27.3 Å². The third kappa shape index (κ3) is 8.60. The van der Waals surface area contributed by atoms with E-state index in [9.17, 15) is 4.79 Å². The molecule has 29 heavy (non-hydrogen) atoms. The Kier molecular flexibility index (Phi) is 7.00. The van der Waals surface area contributed by atoms with Crippen LogP contribution < -0.4 is 14.8 Å². The first kappa shape index (κ1) is 16.9. The van der Waals surface area contributed by atoms with Crippen molar-refractivity contribution in [1.82, 2.24) is 10.2 Å². The van der Waals surface area contributed by atoms with Crippen LogP contribution in [0.2, 0.25) is 0 Å². The number of likely N-dealkylation sites (N-methyl/N-ethyl adjacent to an activating group) is 1. The van der Waals surface area contributed by atoms with Gasteiger partial charge in [-0.05, 0) is 43.0 Å². The number of ether oxygens (including phenoxy) is 4. The Morgan fingerprint density at radius 3 is 2.41 bits per heavy atom. The predicted molar refractivity (Wildman–Crippen MR) is 115 cm³/mol. The fourth-order valence-electron chi connectivity index (χ4n) is 2.96. The SMILES string of the molecule is [2H]C([2H])([2H])Oc1ccc(CCNC(=O)C(CC(C)(C)C)N(C)CC(OC)OC)cc1OC([2H])([2H])[2H]. The molecule has 166 valence electrons. The summed E-state index contributed by atoms with van der Waals surface area (Å²) in [5, 5.41) is 2.93. The van der Waals surface area contributed by atoms with Gasteiger partial charge >= 0.3 is 0 Å². The molecule has 0 saturated carbocycles. The van der Waals surface area contributed by atoms with Crippen molar-refractivity contribution in [3.63, 3.8) is 0 Å². The van der Waals surface area contributed by atoms with E-state index in [0.717, 1.165) is 0 Å². The maximum Gasteiger partial charge on any atom is 0.237 e. The van der Waals surface area contributed by atoms with Gasteiger partial charge in [0.1, 0.15) is 0 Å². The summed E-state index contributed by atoms with van der Waals surface area (Å²) >= 11 is 0. The van der Waals surface area contributed by atoms with Crippen molar-refractivity contribution in [1.29, 1.82) is 0 Å². The number of nitrogens with one attached hydrogen (secondary N) is 1. The zero-order valence-corrected chi connectivity index (χ0v) is 18.2. The highest BCUT2D eigenvalue weighted by Crippen LogP contribution is 2.27. The van der Waals surface area contributed by atoms with E-state index in [-0.39, 0.29) is 29.4 Å². The molecule has 0 bridgehead atoms. The Morgan fingerprint density at radius 2 is 1.83 bits per heavy atom. The monoisotopic (exact) mass is 416 g/mol. The fourth-order valence-corrected chi connectivity index (χ4v) is 2.96. The maximum atomic E-state index is 13.1. The topological polar surface area (TPSA) is 69.3 Å². The molecule has 0 radical (unpaired) electrons. The van der Waals surface area contributed by atoms with Crippen molar-refractivity contribution in [2.75, 3.05) is 48.4 Å². The third-order valence-corrected chi connectivity index (χ3v) is 4.54. The number of rotatable bonds is 12. The number of carbonyl (C=O) groups is 1. The minimum absolute atomic E-state index is 0.105. The van der Waals surface area contributed by atoms with Crippen LogP contribution in [-0.2, 0) is 20.7 Å². The normalized spacial score (nSPS) is 16.8. The van der Waals surface area contributed by atoms with Crippen molar-refractivity contribution in [2.45, 2.75) is 45.9 Å². The molecule has 0 aliphatic rings. The number of benzene rings is 1. The van der Waals surface area contributed by atoms with Crippen molar-refractivity contribution in [2.24, 2.45) is 5.41 Å². The molecule has 1 atom stereocenters. The Balaban J connectivity index is 2.93. The minimum atomic E-state index is -2.79. The first-order valence-corrected chi connectivity index (χ1v) is 9.48. The average molecular weight is 417 g/mol. The lowest BCUT2D eigenvalue weighted by atomic mass is 9.87. The molecule has 7 heteroatoms. The molecule has 1 aromatic rings. The van der Waals surface area contributed by atoms with Crippen LogP contribution in [0.3, 0.4) is 0 Å². The lowest BCUT2D eigenvalue weighted by molar-refractivity contribution is -0.135. The van der Waals surface area contributed by atoms with Crippen LogP contribution in [0.15, 0.2) is 18.2 Å². The Hall–Kier alpha value is -1.83. The Morgan fingerprint density at radius 1 is 1.17 bits per heavy atom. The molecule has 0 aliphatic heterocycles. The van der Waals surface area contributed by atoms with Crippen LogP contribution in [-0.4, -0.2) is 71.6 Å². The first-order valence-electron chi connectivity index (χ1n) is 12.5. The van der Waals surface area contributed by atoms with Gasteiger partial charge in [-0.1, -0.05) is 26.8 Å². The van der Waals surface area contributed by atoms with Crippen LogP contribution in [0, 0.1) is 5.41 Å². The van der Waals surface area contributed by atoms with Gasteiger partial charge in [0.05, 0.1) is 28.3 Å². The maximum absolute atomic E-state index is 13.1. The Bertz CT molecular complexity index is 807. The predicted octanol–water partition coefficient (Wildman–Crippen LogP) is 2.72. The summed E-state index contributed by atoms with van der Waals surface area (Å²) in [4.78, 5) is 15.0. The molecular formula is C22H38N2O5. The smallest absolute Gasteiger partial charge is 0.237 e. The van der Waals surface area contributed by atoms with Crippen molar-refractivity contribution in [3.05, 3.63) is 23.8 Å². The highest BCUT2D eigenvalue weighted by Gasteiger charge is 2.29. The van der Waals surface area contributed by atoms with Crippen molar-refractivity contribution < 1.29 is 32.0 Å².